The molecule has 0 aliphatic rings. The molecule has 1 amide bonds. The highest BCUT2D eigenvalue weighted by atomic mass is 32.2. The number of primary sulfonamides is 1. The van der Waals surface area contributed by atoms with Crippen LogP contribution in [0.2, 0.25) is 0 Å². The van der Waals surface area contributed by atoms with E-state index in [-0.39, 0.29) is 16.3 Å². The number of aryl methyl sites for hydroxylation is 1. The number of carbonyl (C=O) groups is 1. The Bertz CT molecular complexity index is 1170. The van der Waals surface area contributed by atoms with Gasteiger partial charge in [-0.3, -0.25) is 14.9 Å². The van der Waals surface area contributed by atoms with Crippen molar-refractivity contribution in [1.82, 2.24) is 0 Å². The van der Waals surface area contributed by atoms with Crippen molar-refractivity contribution in [3.63, 3.8) is 0 Å². The molecule has 3 rings (SSSR count). The number of amides is 1. The Kier molecular flexibility index (Phi) is 4.99. The van der Waals surface area contributed by atoms with Crippen LogP contribution in [0, 0.1) is 17.0 Å². The standard InChI is InChI=1S/C18H15N3O6S/c1-11-9-16(12-3-2-4-14(10-12)21(23)24)27-17(11)18(22)20-13-5-7-15(8-6-13)28(19,25)26/h2-10H,1H3,(H,20,22)(H2,19,25,26). The molecular weight excluding hydrogens is 386 g/mol. The zero-order valence-electron chi connectivity index (χ0n) is 14.6. The molecule has 1 heterocycles. The van der Waals surface area contributed by atoms with Crippen molar-refractivity contribution < 1.29 is 22.6 Å². The van der Waals surface area contributed by atoms with E-state index in [4.69, 9.17) is 9.56 Å². The maximum Gasteiger partial charge on any atom is 0.291 e. The van der Waals surface area contributed by atoms with Gasteiger partial charge in [0.2, 0.25) is 10.0 Å². The van der Waals surface area contributed by atoms with Gasteiger partial charge in [0.25, 0.3) is 11.6 Å². The zero-order chi connectivity index (χ0) is 20.5. The number of rotatable bonds is 5. The maximum absolute atomic E-state index is 12.5. The van der Waals surface area contributed by atoms with Crippen molar-refractivity contribution in [1.29, 1.82) is 0 Å². The van der Waals surface area contributed by atoms with Gasteiger partial charge in [0, 0.05) is 28.9 Å². The number of hydrogen-bond acceptors (Lipinski definition) is 6. The molecule has 2 aromatic carbocycles. The molecule has 144 valence electrons. The van der Waals surface area contributed by atoms with Crippen LogP contribution in [0.25, 0.3) is 11.3 Å². The van der Waals surface area contributed by atoms with E-state index < -0.39 is 20.9 Å². The average Bonchev–Trinajstić information content (AvgIpc) is 3.03. The minimum atomic E-state index is -3.82. The van der Waals surface area contributed by atoms with Gasteiger partial charge in [-0.2, -0.15) is 0 Å². The number of furan rings is 1. The van der Waals surface area contributed by atoms with E-state index in [2.05, 4.69) is 5.32 Å². The number of nitrogens with one attached hydrogen (secondary N) is 1. The first-order valence-electron chi connectivity index (χ1n) is 7.94. The molecule has 0 radical (unpaired) electrons. The van der Waals surface area contributed by atoms with Crippen LogP contribution in [0.1, 0.15) is 16.1 Å². The minimum absolute atomic E-state index is 0.0389. The van der Waals surface area contributed by atoms with E-state index in [0.29, 0.717) is 22.6 Å². The number of benzene rings is 2. The summed E-state index contributed by atoms with van der Waals surface area (Å²) >= 11 is 0. The molecule has 0 saturated heterocycles. The number of hydrogen-bond donors (Lipinski definition) is 2. The summed E-state index contributed by atoms with van der Waals surface area (Å²) in [5.41, 5.74) is 1.27. The van der Waals surface area contributed by atoms with Crippen LogP contribution in [-0.2, 0) is 10.0 Å². The first kappa shape index (κ1) is 19.3. The van der Waals surface area contributed by atoms with Gasteiger partial charge in [-0.1, -0.05) is 12.1 Å². The molecule has 1 aromatic heterocycles. The smallest absolute Gasteiger partial charge is 0.291 e. The molecule has 9 nitrogen and oxygen atoms in total. The van der Waals surface area contributed by atoms with Crippen LogP contribution in [0.3, 0.4) is 0 Å². The predicted molar refractivity (Wildman–Crippen MR) is 101 cm³/mol. The highest BCUT2D eigenvalue weighted by Gasteiger charge is 2.18. The molecule has 0 spiro atoms. The first-order chi connectivity index (χ1) is 13.1. The lowest BCUT2D eigenvalue weighted by Crippen LogP contribution is -2.14. The first-order valence-corrected chi connectivity index (χ1v) is 9.49. The zero-order valence-corrected chi connectivity index (χ0v) is 15.4. The van der Waals surface area contributed by atoms with E-state index in [0.717, 1.165) is 0 Å². The van der Waals surface area contributed by atoms with Crippen molar-refractivity contribution in [2.75, 3.05) is 5.32 Å². The quantitative estimate of drug-likeness (QED) is 0.496. The average molecular weight is 401 g/mol. The lowest BCUT2D eigenvalue weighted by atomic mass is 10.1. The van der Waals surface area contributed by atoms with E-state index in [1.165, 1.54) is 42.5 Å². The second-order valence-corrected chi connectivity index (χ2v) is 7.52. The number of nitro benzene ring substituents is 1. The van der Waals surface area contributed by atoms with Gasteiger partial charge in [0.1, 0.15) is 5.76 Å². The molecule has 3 aromatic rings. The third-order valence-electron chi connectivity index (χ3n) is 3.91. The Morgan fingerprint density at radius 2 is 1.82 bits per heavy atom. The summed E-state index contributed by atoms with van der Waals surface area (Å²) in [6, 6.07) is 12.8. The molecule has 0 unspecified atom stereocenters. The maximum atomic E-state index is 12.5. The Hall–Kier alpha value is -3.50. The fourth-order valence-electron chi connectivity index (χ4n) is 2.54. The second kappa shape index (κ2) is 7.25. The Morgan fingerprint density at radius 3 is 2.43 bits per heavy atom. The fourth-order valence-corrected chi connectivity index (χ4v) is 3.05. The summed E-state index contributed by atoms with van der Waals surface area (Å²) in [7, 11) is -3.82. The van der Waals surface area contributed by atoms with Gasteiger partial charge >= 0.3 is 0 Å². The number of nitrogens with two attached hydrogens (primary N) is 1. The second-order valence-electron chi connectivity index (χ2n) is 5.95. The van der Waals surface area contributed by atoms with Crippen LogP contribution < -0.4 is 10.5 Å². The van der Waals surface area contributed by atoms with Crippen LogP contribution in [0.4, 0.5) is 11.4 Å². The topological polar surface area (TPSA) is 146 Å². The normalized spacial score (nSPS) is 11.2. The molecule has 10 heteroatoms. The molecule has 0 saturated carbocycles. The van der Waals surface area contributed by atoms with Crippen molar-refractivity contribution in [3.05, 3.63) is 76.0 Å². The molecule has 0 aliphatic carbocycles. The monoisotopic (exact) mass is 401 g/mol. The molecule has 0 atom stereocenters. The molecular formula is C18H15N3O6S. The summed E-state index contributed by atoms with van der Waals surface area (Å²) < 4.78 is 28.1. The Morgan fingerprint density at radius 1 is 1.14 bits per heavy atom. The SMILES string of the molecule is Cc1cc(-c2cccc([N+](=O)[O-])c2)oc1C(=O)Nc1ccc(S(N)(=O)=O)cc1. The van der Waals surface area contributed by atoms with Gasteiger partial charge in [-0.15, -0.1) is 0 Å². The summed E-state index contributed by atoms with van der Waals surface area (Å²) in [6.45, 7) is 1.67. The van der Waals surface area contributed by atoms with Crippen molar-refractivity contribution in [2.45, 2.75) is 11.8 Å². The number of non-ortho nitro benzene ring substituents is 1. The van der Waals surface area contributed by atoms with Crippen molar-refractivity contribution >= 4 is 27.3 Å². The molecule has 3 N–H and O–H groups in total. The van der Waals surface area contributed by atoms with Gasteiger partial charge in [-0.25, -0.2) is 13.6 Å². The number of sulfonamides is 1. The van der Waals surface area contributed by atoms with Crippen LogP contribution in [-0.4, -0.2) is 19.2 Å². The third-order valence-corrected chi connectivity index (χ3v) is 4.84. The van der Waals surface area contributed by atoms with Gasteiger partial charge < -0.3 is 9.73 Å². The van der Waals surface area contributed by atoms with Crippen LogP contribution in [0.5, 0.6) is 0 Å². The fraction of sp³-hybridized carbons (Fsp3) is 0.0556. The van der Waals surface area contributed by atoms with Gasteiger partial charge in [0.05, 0.1) is 9.82 Å². The lowest BCUT2D eigenvalue weighted by molar-refractivity contribution is -0.384. The third kappa shape index (κ3) is 4.08. The van der Waals surface area contributed by atoms with Crippen LogP contribution in [0.15, 0.2) is 63.9 Å². The van der Waals surface area contributed by atoms with E-state index >= 15 is 0 Å². The Labute approximate surface area is 160 Å². The molecule has 0 bridgehead atoms. The van der Waals surface area contributed by atoms with Gasteiger partial charge in [-0.05, 0) is 37.3 Å². The number of nitro groups is 1. The number of nitrogens with zero attached hydrogens (tertiary/aromatic N) is 1. The van der Waals surface area contributed by atoms with Crippen molar-refractivity contribution in [3.8, 4) is 11.3 Å². The van der Waals surface area contributed by atoms with Crippen molar-refractivity contribution in [2.24, 2.45) is 5.14 Å². The highest BCUT2D eigenvalue weighted by molar-refractivity contribution is 7.89. The number of anilines is 1. The summed E-state index contributed by atoms with van der Waals surface area (Å²) in [6.07, 6.45) is 0. The molecule has 0 aliphatic heterocycles. The highest BCUT2D eigenvalue weighted by Crippen LogP contribution is 2.28. The Balaban J connectivity index is 1.84. The van der Waals surface area contributed by atoms with E-state index in [9.17, 15) is 23.3 Å². The van der Waals surface area contributed by atoms with Crippen LogP contribution >= 0.6 is 0 Å². The number of carbonyl (C=O) groups excluding carboxylic acids is 1. The largest absolute Gasteiger partial charge is 0.451 e. The van der Waals surface area contributed by atoms with E-state index in [1.807, 2.05) is 0 Å². The summed E-state index contributed by atoms with van der Waals surface area (Å²) in [4.78, 5) is 22.8. The minimum Gasteiger partial charge on any atom is -0.451 e. The lowest BCUT2D eigenvalue weighted by Gasteiger charge is -2.05. The summed E-state index contributed by atoms with van der Waals surface area (Å²) in [5.74, 6) is -0.189. The summed E-state index contributed by atoms with van der Waals surface area (Å²) in [5, 5.41) is 18.5. The van der Waals surface area contributed by atoms with Gasteiger partial charge in [0.15, 0.2) is 5.76 Å². The predicted octanol–water partition coefficient (Wildman–Crippen LogP) is 3.06. The molecule has 28 heavy (non-hydrogen) atoms. The molecule has 0 fully saturated rings. The van der Waals surface area contributed by atoms with E-state index in [1.54, 1.807) is 19.1 Å².